The van der Waals surface area contributed by atoms with Crippen LogP contribution in [0.4, 0.5) is 0 Å². The SMILES string of the molecule is CO[C@@H]1O[C@@H]([C@H](O)C(C)(C)O)C[C@H]1[C@@H]1CC=C2[C@]3(C)[C@H](O)C[C@H]4C(C)(C)C(=O)CC[C@]4(C)[C@H]3CC[C@]21C. The van der Waals surface area contributed by atoms with E-state index >= 15 is 0 Å². The molecule has 0 bridgehead atoms. The number of carbonyl (C=O) groups excluding carboxylic acids is 1. The lowest BCUT2D eigenvalue weighted by atomic mass is 9.37. The van der Waals surface area contributed by atoms with Crippen LogP contribution in [-0.4, -0.2) is 58.4 Å². The molecule has 0 aromatic carbocycles. The van der Waals surface area contributed by atoms with Crippen molar-refractivity contribution in [2.45, 2.75) is 124 Å². The third-order valence-electron chi connectivity index (χ3n) is 12.5. The van der Waals surface area contributed by atoms with E-state index in [1.54, 1.807) is 21.0 Å². The van der Waals surface area contributed by atoms with Crippen molar-refractivity contribution in [1.29, 1.82) is 0 Å². The van der Waals surface area contributed by atoms with E-state index in [1.807, 2.05) is 0 Å². The van der Waals surface area contributed by atoms with Gasteiger partial charge >= 0.3 is 0 Å². The fourth-order valence-corrected chi connectivity index (χ4v) is 10.4. The Kier molecular flexibility index (Phi) is 6.46. The molecular formula is C31H50O6. The van der Waals surface area contributed by atoms with Gasteiger partial charge in [-0.3, -0.25) is 4.79 Å². The number of rotatable bonds is 4. The summed E-state index contributed by atoms with van der Waals surface area (Å²) in [6, 6.07) is 0. The van der Waals surface area contributed by atoms with E-state index in [-0.39, 0.29) is 34.0 Å². The molecule has 6 nitrogen and oxygen atoms in total. The van der Waals surface area contributed by atoms with E-state index in [4.69, 9.17) is 9.47 Å². The highest BCUT2D eigenvalue weighted by atomic mass is 16.7. The zero-order chi connectivity index (χ0) is 27.3. The van der Waals surface area contributed by atoms with Gasteiger partial charge in [-0.2, -0.15) is 0 Å². The largest absolute Gasteiger partial charge is 0.392 e. The van der Waals surface area contributed by atoms with Crippen LogP contribution in [0.1, 0.15) is 93.4 Å². The van der Waals surface area contributed by atoms with Gasteiger partial charge in [0.05, 0.1) is 17.8 Å². The van der Waals surface area contributed by atoms with Crippen molar-refractivity contribution in [3.05, 3.63) is 11.6 Å². The molecule has 0 aromatic rings. The first-order valence-corrected chi connectivity index (χ1v) is 14.5. The van der Waals surface area contributed by atoms with Gasteiger partial charge in [0, 0.05) is 30.3 Å². The van der Waals surface area contributed by atoms with Crippen LogP contribution in [0.15, 0.2) is 11.6 Å². The summed E-state index contributed by atoms with van der Waals surface area (Å²) in [5.74, 6) is 1.26. The fourth-order valence-electron chi connectivity index (χ4n) is 10.4. The Morgan fingerprint density at radius 1 is 1.11 bits per heavy atom. The van der Waals surface area contributed by atoms with Gasteiger partial charge in [-0.25, -0.2) is 0 Å². The molecule has 0 radical (unpaired) electrons. The average Bonchev–Trinajstić information content (AvgIpc) is 3.38. The lowest BCUT2D eigenvalue weighted by Gasteiger charge is -2.67. The highest BCUT2D eigenvalue weighted by Gasteiger charge is 2.69. The Hall–Kier alpha value is -0.790. The number of carbonyl (C=O) groups is 1. The number of aliphatic hydroxyl groups is 3. The number of allylic oxidation sites excluding steroid dienone is 1. The van der Waals surface area contributed by atoms with Gasteiger partial charge in [-0.1, -0.05) is 46.3 Å². The number of ketones is 1. The summed E-state index contributed by atoms with van der Waals surface area (Å²) in [6.45, 7) is 14.5. The quantitative estimate of drug-likeness (QED) is 0.469. The van der Waals surface area contributed by atoms with Crippen LogP contribution in [0.3, 0.4) is 0 Å². The molecule has 0 amide bonds. The number of hydrogen-bond donors (Lipinski definition) is 3. The van der Waals surface area contributed by atoms with Gasteiger partial charge in [0.1, 0.15) is 11.9 Å². The first kappa shape index (κ1) is 27.8. The monoisotopic (exact) mass is 518 g/mol. The molecule has 1 saturated heterocycles. The van der Waals surface area contributed by atoms with Crippen LogP contribution in [0, 0.1) is 45.3 Å². The highest BCUT2D eigenvalue weighted by Crippen LogP contribution is 2.73. The maximum absolute atomic E-state index is 12.9. The van der Waals surface area contributed by atoms with E-state index in [0.29, 0.717) is 31.0 Å². The molecule has 1 heterocycles. The van der Waals surface area contributed by atoms with Crippen LogP contribution in [0.25, 0.3) is 0 Å². The van der Waals surface area contributed by atoms with Crippen molar-refractivity contribution in [2.75, 3.05) is 7.11 Å². The summed E-state index contributed by atoms with van der Waals surface area (Å²) in [5, 5.41) is 33.1. The third kappa shape index (κ3) is 3.72. The second kappa shape index (κ2) is 8.60. The molecule has 4 aliphatic carbocycles. The van der Waals surface area contributed by atoms with E-state index in [9.17, 15) is 20.1 Å². The second-order valence-electron chi connectivity index (χ2n) is 15.0. The normalized spacial score (nSPS) is 50.2. The number of aliphatic hydroxyl groups excluding tert-OH is 2. The second-order valence-corrected chi connectivity index (χ2v) is 15.0. The van der Waals surface area contributed by atoms with Crippen molar-refractivity contribution in [3.8, 4) is 0 Å². The number of ether oxygens (including phenoxy) is 2. The van der Waals surface area contributed by atoms with E-state index in [2.05, 4.69) is 40.7 Å². The minimum absolute atomic E-state index is 0.0269. The molecule has 3 N–H and O–H groups in total. The van der Waals surface area contributed by atoms with E-state index < -0.39 is 35.6 Å². The first-order valence-electron chi connectivity index (χ1n) is 14.5. The molecule has 3 saturated carbocycles. The summed E-state index contributed by atoms with van der Waals surface area (Å²) in [6.07, 6.45) is 5.90. The smallest absolute Gasteiger partial charge is 0.160 e. The van der Waals surface area contributed by atoms with Crippen LogP contribution in [0.5, 0.6) is 0 Å². The molecular weight excluding hydrogens is 468 g/mol. The number of methoxy groups -OCH3 is 1. The van der Waals surface area contributed by atoms with Gasteiger partial charge in [-0.05, 0) is 81.0 Å². The van der Waals surface area contributed by atoms with Crippen LogP contribution < -0.4 is 0 Å². The fraction of sp³-hybridized carbons (Fsp3) is 0.903. The summed E-state index contributed by atoms with van der Waals surface area (Å²) in [4.78, 5) is 12.9. The zero-order valence-electron chi connectivity index (χ0n) is 24.2. The molecule has 1 aliphatic heterocycles. The van der Waals surface area contributed by atoms with Crippen LogP contribution >= 0.6 is 0 Å². The maximum atomic E-state index is 12.9. The van der Waals surface area contributed by atoms with E-state index in [1.165, 1.54) is 5.57 Å². The van der Waals surface area contributed by atoms with Gasteiger partial charge in [0.25, 0.3) is 0 Å². The minimum Gasteiger partial charge on any atom is -0.392 e. The van der Waals surface area contributed by atoms with Crippen molar-refractivity contribution >= 4 is 5.78 Å². The number of Topliss-reactive ketones (excluding diaryl/α,β-unsaturated/α-hetero) is 1. The lowest BCUT2D eigenvalue weighted by Crippen LogP contribution is -2.65. The Balaban J connectivity index is 1.46. The van der Waals surface area contributed by atoms with E-state index in [0.717, 1.165) is 25.7 Å². The minimum atomic E-state index is -1.25. The molecule has 0 aromatic heterocycles. The summed E-state index contributed by atoms with van der Waals surface area (Å²) in [5.41, 5.74) is -0.638. The van der Waals surface area contributed by atoms with Gasteiger partial charge in [-0.15, -0.1) is 0 Å². The molecule has 11 atom stereocenters. The van der Waals surface area contributed by atoms with Gasteiger partial charge in [0.15, 0.2) is 6.29 Å². The molecule has 0 unspecified atom stereocenters. The van der Waals surface area contributed by atoms with Gasteiger partial charge in [0.2, 0.25) is 0 Å². The third-order valence-corrected chi connectivity index (χ3v) is 12.5. The molecule has 5 rings (SSSR count). The molecule has 6 heteroatoms. The topological polar surface area (TPSA) is 96.2 Å². The maximum Gasteiger partial charge on any atom is 0.160 e. The Morgan fingerprint density at radius 2 is 1.78 bits per heavy atom. The van der Waals surface area contributed by atoms with Crippen LogP contribution in [-0.2, 0) is 14.3 Å². The Bertz CT molecular complexity index is 965. The molecule has 4 fully saturated rings. The molecule has 0 spiro atoms. The Labute approximate surface area is 223 Å². The molecule has 210 valence electrons. The molecule has 37 heavy (non-hydrogen) atoms. The first-order chi connectivity index (χ1) is 17.0. The van der Waals surface area contributed by atoms with Crippen LogP contribution in [0.2, 0.25) is 0 Å². The van der Waals surface area contributed by atoms with Crippen molar-refractivity contribution in [1.82, 2.24) is 0 Å². The van der Waals surface area contributed by atoms with Crippen molar-refractivity contribution in [3.63, 3.8) is 0 Å². The number of hydrogen-bond acceptors (Lipinski definition) is 6. The lowest BCUT2D eigenvalue weighted by molar-refractivity contribution is -0.196. The predicted molar refractivity (Wildman–Crippen MR) is 141 cm³/mol. The van der Waals surface area contributed by atoms with Crippen molar-refractivity contribution in [2.24, 2.45) is 45.3 Å². The average molecular weight is 519 g/mol. The summed E-state index contributed by atoms with van der Waals surface area (Å²) in [7, 11) is 1.67. The standard InChI is InChI=1S/C31H50O6/c1-27(2)22-16-24(33)31(7)20-10-9-18(17-15-19(37-26(17)36-8)25(34)28(3,4)35)29(20,5)13-11-21(31)30(22,6)14-12-23(27)32/h10,17-19,21-22,24-26,33-35H,9,11-16H2,1-8H3/t17-,18-,19+,21+,22-,24+,25-,26+,29-,30+,31-/m0/s1. The predicted octanol–water partition coefficient (Wildman–Crippen LogP) is 4.64. The number of fused-ring (bicyclic) bond motifs is 5. The molecule has 5 aliphatic rings. The Morgan fingerprint density at radius 3 is 2.41 bits per heavy atom. The van der Waals surface area contributed by atoms with Crippen molar-refractivity contribution < 1.29 is 29.6 Å². The zero-order valence-corrected chi connectivity index (χ0v) is 24.2. The highest BCUT2D eigenvalue weighted by molar-refractivity contribution is 5.85. The van der Waals surface area contributed by atoms with Gasteiger partial charge < -0.3 is 24.8 Å². The summed E-state index contributed by atoms with van der Waals surface area (Å²) >= 11 is 0. The summed E-state index contributed by atoms with van der Waals surface area (Å²) < 4.78 is 12.0.